The minimum Gasteiger partial charge on any atom is -0.385 e. The molecular weight excluding hydrogens is 244 g/mol. The van der Waals surface area contributed by atoms with E-state index in [0.717, 1.165) is 50.4 Å². The second kappa shape index (κ2) is 8.85. The second-order valence-corrected chi connectivity index (χ2v) is 4.40. The van der Waals surface area contributed by atoms with Gasteiger partial charge in [-0.3, -0.25) is 4.79 Å². The predicted octanol–water partition coefficient (Wildman–Crippen LogP) is 1.25. The van der Waals surface area contributed by atoms with Crippen molar-refractivity contribution in [3.05, 3.63) is 23.5 Å². The fourth-order valence-corrected chi connectivity index (χ4v) is 1.85. The Kier molecular flexibility index (Phi) is 7.40. The minimum atomic E-state index is 0.212. The largest absolute Gasteiger partial charge is 0.385 e. The molecule has 0 spiro atoms. The number of aldehydes is 1. The molecule has 1 saturated heterocycles. The van der Waals surface area contributed by atoms with Crippen LogP contribution < -0.4 is 5.32 Å². The Morgan fingerprint density at radius 3 is 2.84 bits per heavy atom. The SMILES string of the molecule is CCOC.Cc1c(C=O)ccn1CC1CNCCO1. The average molecular weight is 268 g/mol. The molecule has 1 atom stereocenters. The average Bonchev–Trinajstić information content (AvgIpc) is 2.81. The van der Waals surface area contributed by atoms with Crippen LogP contribution in [0.1, 0.15) is 23.0 Å². The fraction of sp³-hybridized carbons (Fsp3) is 0.643. The van der Waals surface area contributed by atoms with Crippen LogP contribution in [0.2, 0.25) is 0 Å². The van der Waals surface area contributed by atoms with Crippen LogP contribution in [0.3, 0.4) is 0 Å². The smallest absolute Gasteiger partial charge is 0.151 e. The summed E-state index contributed by atoms with van der Waals surface area (Å²) in [5.74, 6) is 0. The van der Waals surface area contributed by atoms with Crippen molar-refractivity contribution in [2.45, 2.75) is 26.5 Å². The van der Waals surface area contributed by atoms with E-state index in [-0.39, 0.29) is 6.10 Å². The van der Waals surface area contributed by atoms with Gasteiger partial charge in [0.25, 0.3) is 0 Å². The third-order valence-electron chi connectivity index (χ3n) is 3.10. The van der Waals surface area contributed by atoms with E-state index in [9.17, 15) is 4.79 Å². The number of nitrogens with zero attached hydrogens (tertiary/aromatic N) is 1. The molecule has 0 saturated carbocycles. The number of carbonyl (C=O) groups excluding carboxylic acids is 1. The monoisotopic (exact) mass is 268 g/mol. The second-order valence-electron chi connectivity index (χ2n) is 4.40. The predicted molar refractivity (Wildman–Crippen MR) is 74.7 cm³/mol. The van der Waals surface area contributed by atoms with Gasteiger partial charge in [-0.25, -0.2) is 0 Å². The van der Waals surface area contributed by atoms with Crippen LogP contribution in [0.5, 0.6) is 0 Å². The van der Waals surface area contributed by atoms with E-state index in [0.29, 0.717) is 0 Å². The Labute approximate surface area is 114 Å². The number of nitrogens with one attached hydrogen (secondary N) is 1. The lowest BCUT2D eigenvalue weighted by molar-refractivity contribution is 0.0179. The van der Waals surface area contributed by atoms with Crippen molar-refractivity contribution >= 4 is 6.29 Å². The minimum absolute atomic E-state index is 0.212. The molecule has 2 rings (SSSR count). The van der Waals surface area contributed by atoms with E-state index in [1.807, 2.05) is 26.1 Å². The zero-order valence-electron chi connectivity index (χ0n) is 12.0. The van der Waals surface area contributed by atoms with Gasteiger partial charge in [-0.05, 0) is 19.9 Å². The van der Waals surface area contributed by atoms with E-state index in [4.69, 9.17) is 4.74 Å². The molecule has 108 valence electrons. The standard InChI is InChI=1S/C11H16N2O2.C3H8O/c1-9-10(8-14)2-4-13(9)7-11-6-12-3-5-15-11;1-3-4-2/h2,4,8,11-12H,3,5-7H2,1H3;3H2,1-2H3. The molecule has 0 aromatic carbocycles. The van der Waals surface area contributed by atoms with Crippen molar-refractivity contribution in [3.8, 4) is 0 Å². The molecule has 1 aromatic rings. The normalized spacial score (nSPS) is 18.6. The van der Waals surface area contributed by atoms with Gasteiger partial charge in [0.1, 0.15) is 0 Å². The van der Waals surface area contributed by atoms with E-state index < -0.39 is 0 Å². The molecule has 1 unspecified atom stereocenters. The Bertz CT molecular complexity index is 369. The highest BCUT2D eigenvalue weighted by molar-refractivity contribution is 5.76. The van der Waals surface area contributed by atoms with E-state index in [2.05, 4.69) is 14.6 Å². The van der Waals surface area contributed by atoms with Crippen molar-refractivity contribution in [3.63, 3.8) is 0 Å². The third-order valence-corrected chi connectivity index (χ3v) is 3.10. The summed E-state index contributed by atoms with van der Waals surface area (Å²) in [5, 5.41) is 3.29. The van der Waals surface area contributed by atoms with Crippen LogP contribution in [0.25, 0.3) is 0 Å². The molecule has 2 heterocycles. The maximum Gasteiger partial charge on any atom is 0.151 e. The number of ether oxygens (including phenoxy) is 2. The first-order chi connectivity index (χ1) is 9.22. The number of morpholine rings is 1. The number of hydrogen-bond donors (Lipinski definition) is 1. The molecule has 5 nitrogen and oxygen atoms in total. The van der Waals surface area contributed by atoms with Gasteiger partial charge in [-0.2, -0.15) is 0 Å². The topological polar surface area (TPSA) is 52.5 Å². The van der Waals surface area contributed by atoms with Crippen LogP contribution in [0.15, 0.2) is 12.3 Å². The van der Waals surface area contributed by atoms with Crippen LogP contribution in [0.4, 0.5) is 0 Å². The molecule has 1 aliphatic heterocycles. The highest BCUT2D eigenvalue weighted by Crippen LogP contribution is 2.10. The highest BCUT2D eigenvalue weighted by atomic mass is 16.5. The lowest BCUT2D eigenvalue weighted by Crippen LogP contribution is -2.40. The molecule has 5 heteroatoms. The zero-order valence-corrected chi connectivity index (χ0v) is 12.0. The van der Waals surface area contributed by atoms with E-state index >= 15 is 0 Å². The van der Waals surface area contributed by atoms with Crippen LogP contribution in [-0.2, 0) is 16.0 Å². The van der Waals surface area contributed by atoms with E-state index in [1.54, 1.807) is 7.11 Å². The quantitative estimate of drug-likeness (QED) is 0.835. The van der Waals surface area contributed by atoms with Crippen molar-refractivity contribution in [1.82, 2.24) is 9.88 Å². The van der Waals surface area contributed by atoms with Crippen molar-refractivity contribution in [1.29, 1.82) is 0 Å². The maximum absolute atomic E-state index is 10.7. The number of aromatic nitrogens is 1. The zero-order chi connectivity index (χ0) is 14.1. The summed E-state index contributed by atoms with van der Waals surface area (Å²) in [6.45, 7) is 8.13. The fourth-order valence-electron chi connectivity index (χ4n) is 1.85. The summed E-state index contributed by atoms with van der Waals surface area (Å²) < 4.78 is 12.2. The first-order valence-electron chi connectivity index (χ1n) is 6.65. The number of methoxy groups -OCH3 is 1. The third kappa shape index (κ3) is 5.14. The Morgan fingerprint density at radius 1 is 1.63 bits per heavy atom. The van der Waals surface area contributed by atoms with Gasteiger partial charge in [0.05, 0.1) is 12.7 Å². The molecule has 1 N–H and O–H groups in total. The Hall–Kier alpha value is -1.17. The van der Waals surface area contributed by atoms with Gasteiger partial charge >= 0.3 is 0 Å². The van der Waals surface area contributed by atoms with Crippen LogP contribution in [0, 0.1) is 6.92 Å². The van der Waals surface area contributed by atoms with Crippen molar-refractivity contribution in [2.24, 2.45) is 0 Å². The van der Waals surface area contributed by atoms with Crippen molar-refractivity contribution < 1.29 is 14.3 Å². The molecule has 0 amide bonds. The highest BCUT2D eigenvalue weighted by Gasteiger charge is 2.15. The van der Waals surface area contributed by atoms with Gasteiger partial charge in [-0.15, -0.1) is 0 Å². The van der Waals surface area contributed by atoms with E-state index in [1.165, 1.54) is 0 Å². The molecule has 1 aromatic heterocycles. The lowest BCUT2D eigenvalue weighted by atomic mass is 10.2. The van der Waals surface area contributed by atoms with Gasteiger partial charge in [0.15, 0.2) is 6.29 Å². The molecule has 0 bridgehead atoms. The molecule has 19 heavy (non-hydrogen) atoms. The molecule has 1 aliphatic rings. The summed E-state index contributed by atoms with van der Waals surface area (Å²) >= 11 is 0. The number of hydrogen-bond acceptors (Lipinski definition) is 4. The summed E-state index contributed by atoms with van der Waals surface area (Å²) in [7, 11) is 1.68. The summed E-state index contributed by atoms with van der Waals surface area (Å²) in [6.07, 6.45) is 3.05. The van der Waals surface area contributed by atoms with Gasteiger partial charge < -0.3 is 19.4 Å². The Balaban J connectivity index is 0.000000399. The van der Waals surface area contributed by atoms with Gasteiger partial charge in [0, 0.05) is 50.8 Å². The lowest BCUT2D eigenvalue weighted by Gasteiger charge is -2.24. The maximum atomic E-state index is 10.7. The van der Waals surface area contributed by atoms with Gasteiger partial charge in [-0.1, -0.05) is 0 Å². The van der Waals surface area contributed by atoms with Crippen LogP contribution >= 0.6 is 0 Å². The first-order valence-corrected chi connectivity index (χ1v) is 6.65. The molecule has 1 fully saturated rings. The summed E-state index contributed by atoms with van der Waals surface area (Å²) in [6, 6.07) is 1.85. The Morgan fingerprint density at radius 2 is 2.37 bits per heavy atom. The van der Waals surface area contributed by atoms with Crippen molar-refractivity contribution in [2.75, 3.05) is 33.4 Å². The van der Waals surface area contributed by atoms with Gasteiger partial charge in [0.2, 0.25) is 0 Å². The first kappa shape index (κ1) is 15.9. The summed E-state index contributed by atoms with van der Waals surface area (Å²) in [4.78, 5) is 10.7. The molecule has 0 aliphatic carbocycles. The summed E-state index contributed by atoms with van der Waals surface area (Å²) in [5.41, 5.74) is 1.78. The van der Waals surface area contributed by atoms with Crippen LogP contribution in [-0.4, -0.2) is 50.4 Å². The number of carbonyl (C=O) groups is 1. The number of rotatable bonds is 4. The molecule has 0 radical (unpaired) electrons. The molecular formula is C14H24N2O3.